The Morgan fingerprint density at radius 2 is 1.55 bits per heavy atom. The largest absolute Gasteiger partial charge is 0.416 e. The van der Waals surface area contributed by atoms with Crippen molar-refractivity contribution in [2.45, 2.75) is 32.0 Å². The molecule has 2 heterocycles. The number of halogens is 4. The topological polar surface area (TPSA) is 42.2 Å². The van der Waals surface area contributed by atoms with Gasteiger partial charge in [-0.25, -0.2) is 4.39 Å². The van der Waals surface area contributed by atoms with E-state index in [0.717, 1.165) is 41.8 Å². The molecule has 1 aromatic heterocycles. The summed E-state index contributed by atoms with van der Waals surface area (Å²) in [7, 11) is 0. The minimum atomic E-state index is -4.40. The van der Waals surface area contributed by atoms with E-state index in [1.807, 2.05) is 13.0 Å². The van der Waals surface area contributed by atoms with E-state index in [2.05, 4.69) is 9.88 Å². The fourth-order valence-electron chi connectivity index (χ4n) is 4.07. The maximum absolute atomic E-state index is 14.2. The SMILES string of the molecule is Cc1cc(F)cc(-c2cncc(-c3ccc(C(F)(F)F)cc3)c2N2CCC(N)CC2)c1. The van der Waals surface area contributed by atoms with Crippen LogP contribution in [0.2, 0.25) is 0 Å². The van der Waals surface area contributed by atoms with Crippen LogP contribution in [0.5, 0.6) is 0 Å². The molecule has 0 atom stereocenters. The molecule has 162 valence electrons. The lowest BCUT2D eigenvalue weighted by molar-refractivity contribution is -0.137. The number of rotatable bonds is 3. The number of anilines is 1. The molecule has 0 aliphatic carbocycles. The fourth-order valence-corrected chi connectivity index (χ4v) is 4.07. The highest BCUT2D eigenvalue weighted by molar-refractivity contribution is 5.90. The van der Waals surface area contributed by atoms with Crippen molar-refractivity contribution < 1.29 is 17.6 Å². The molecule has 0 saturated carbocycles. The summed E-state index contributed by atoms with van der Waals surface area (Å²) in [5.41, 5.74) is 9.76. The van der Waals surface area contributed by atoms with E-state index in [0.29, 0.717) is 29.8 Å². The van der Waals surface area contributed by atoms with Crippen LogP contribution >= 0.6 is 0 Å². The van der Waals surface area contributed by atoms with Crippen LogP contribution in [-0.2, 0) is 6.18 Å². The van der Waals surface area contributed by atoms with Crippen LogP contribution in [0.4, 0.5) is 23.2 Å². The highest BCUT2D eigenvalue weighted by Gasteiger charge is 2.30. The zero-order valence-electron chi connectivity index (χ0n) is 17.1. The second-order valence-corrected chi connectivity index (χ2v) is 8.00. The third kappa shape index (κ3) is 4.56. The molecule has 1 fully saturated rings. The Kier molecular flexibility index (Phi) is 5.71. The molecule has 0 radical (unpaired) electrons. The minimum Gasteiger partial charge on any atom is -0.370 e. The van der Waals surface area contributed by atoms with Gasteiger partial charge in [0, 0.05) is 42.7 Å². The number of nitrogens with two attached hydrogens (primary N) is 1. The predicted octanol–water partition coefficient (Wildman–Crippen LogP) is 5.81. The average molecular weight is 429 g/mol. The van der Waals surface area contributed by atoms with Crippen molar-refractivity contribution in [3.8, 4) is 22.3 Å². The number of piperidine rings is 1. The number of hydrogen-bond acceptors (Lipinski definition) is 3. The summed E-state index contributed by atoms with van der Waals surface area (Å²) < 4.78 is 53.2. The number of nitrogens with zero attached hydrogens (tertiary/aromatic N) is 2. The van der Waals surface area contributed by atoms with Crippen LogP contribution in [0.15, 0.2) is 54.9 Å². The molecule has 3 aromatic rings. The van der Waals surface area contributed by atoms with Gasteiger partial charge in [0.25, 0.3) is 0 Å². The molecule has 1 aliphatic heterocycles. The Labute approximate surface area is 178 Å². The van der Waals surface area contributed by atoms with Crippen LogP contribution < -0.4 is 10.6 Å². The van der Waals surface area contributed by atoms with Gasteiger partial charge < -0.3 is 10.6 Å². The third-order valence-corrected chi connectivity index (χ3v) is 5.65. The van der Waals surface area contributed by atoms with Gasteiger partial charge in [0.2, 0.25) is 0 Å². The van der Waals surface area contributed by atoms with Gasteiger partial charge in [-0.2, -0.15) is 13.2 Å². The first kappa shape index (κ1) is 21.3. The summed E-state index contributed by atoms with van der Waals surface area (Å²) >= 11 is 0. The van der Waals surface area contributed by atoms with Gasteiger partial charge in [0.05, 0.1) is 11.3 Å². The summed E-state index contributed by atoms with van der Waals surface area (Å²) in [6.07, 6.45) is 0.546. The number of hydrogen-bond donors (Lipinski definition) is 1. The summed E-state index contributed by atoms with van der Waals surface area (Å²) in [6, 6.07) is 9.98. The maximum atomic E-state index is 14.2. The van der Waals surface area contributed by atoms with Crippen LogP contribution in [0.1, 0.15) is 24.0 Å². The second-order valence-electron chi connectivity index (χ2n) is 8.00. The van der Waals surface area contributed by atoms with Crippen LogP contribution in [0, 0.1) is 12.7 Å². The van der Waals surface area contributed by atoms with Crippen molar-refractivity contribution in [1.82, 2.24) is 4.98 Å². The number of alkyl halides is 3. The van der Waals surface area contributed by atoms with E-state index in [1.165, 1.54) is 24.3 Å². The molecule has 0 bridgehead atoms. The first-order valence-electron chi connectivity index (χ1n) is 10.2. The van der Waals surface area contributed by atoms with E-state index in [1.54, 1.807) is 12.4 Å². The number of aryl methyl sites for hydroxylation is 1. The molecule has 7 heteroatoms. The first-order chi connectivity index (χ1) is 14.7. The van der Waals surface area contributed by atoms with Gasteiger partial charge in [-0.05, 0) is 60.7 Å². The Morgan fingerprint density at radius 3 is 2.13 bits per heavy atom. The van der Waals surface area contributed by atoms with Crippen molar-refractivity contribution in [3.05, 3.63) is 71.8 Å². The Bertz CT molecular complexity index is 1050. The van der Waals surface area contributed by atoms with Gasteiger partial charge >= 0.3 is 6.18 Å². The quantitative estimate of drug-likeness (QED) is 0.535. The molecular formula is C24H23F4N3. The van der Waals surface area contributed by atoms with E-state index in [-0.39, 0.29) is 11.9 Å². The smallest absolute Gasteiger partial charge is 0.370 e. The zero-order valence-corrected chi connectivity index (χ0v) is 17.1. The lowest BCUT2D eigenvalue weighted by atomic mass is 9.94. The lowest BCUT2D eigenvalue weighted by Crippen LogP contribution is -2.40. The molecule has 2 N–H and O–H groups in total. The molecule has 31 heavy (non-hydrogen) atoms. The monoisotopic (exact) mass is 429 g/mol. The number of pyridine rings is 1. The van der Waals surface area contributed by atoms with Crippen molar-refractivity contribution in [2.75, 3.05) is 18.0 Å². The van der Waals surface area contributed by atoms with E-state index in [4.69, 9.17) is 5.73 Å². The number of benzene rings is 2. The Balaban J connectivity index is 1.87. The Morgan fingerprint density at radius 1 is 0.935 bits per heavy atom. The molecule has 3 nitrogen and oxygen atoms in total. The maximum Gasteiger partial charge on any atom is 0.416 e. The third-order valence-electron chi connectivity index (χ3n) is 5.65. The fraction of sp³-hybridized carbons (Fsp3) is 0.292. The molecule has 0 spiro atoms. The molecule has 4 rings (SSSR count). The van der Waals surface area contributed by atoms with Crippen LogP contribution in [-0.4, -0.2) is 24.1 Å². The van der Waals surface area contributed by atoms with E-state index >= 15 is 0 Å². The molecular weight excluding hydrogens is 406 g/mol. The first-order valence-corrected chi connectivity index (χ1v) is 10.2. The highest BCUT2D eigenvalue weighted by atomic mass is 19.4. The van der Waals surface area contributed by atoms with Gasteiger partial charge in [-0.1, -0.05) is 18.2 Å². The van der Waals surface area contributed by atoms with E-state index in [9.17, 15) is 17.6 Å². The molecule has 1 saturated heterocycles. The Hall–Kier alpha value is -2.93. The van der Waals surface area contributed by atoms with Crippen LogP contribution in [0.25, 0.3) is 22.3 Å². The molecule has 2 aromatic carbocycles. The lowest BCUT2D eigenvalue weighted by Gasteiger charge is -2.35. The minimum absolute atomic E-state index is 0.118. The summed E-state index contributed by atoms with van der Waals surface area (Å²) in [5.74, 6) is -0.346. The van der Waals surface area contributed by atoms with Crippen molar-refractivity contribution >= 4 is 5.69 Å². The highest BCUT2D eigenvalue weighted by Crippen LogP contribution is 2.41. The number of aromatic nitrogens is 1. The normalized spacial score (nSPS) is 15.4. The van der Waals surface area contributed by atoms with E-state index < -0.39 is 11.7 Å². The van der Waals surface area contributed by atoms with Gasteiger partial charge in [-0.15, -0.1) is 0 Å². The van der Waals surface area contributed by atoms with Gasteiger partial charge in [0.1, 0.15) is 5.82 Å². The van der Waals surface area contributed by atoms with Gasteiger partial charge in [-0.3, -0.25) is 4.98 Å². The average Bonchev–Trinajstić information content (AvgIpc) is 2.73. The molecule has 0 amide bonds. The van der Waals surface area contributed by atoms with Crippen molar-refractivity contribution in [3.63, 3.8) is 0 Å². The summed E-state index contributed by atoms with van der Waals surface area (Å²) in [6.45, 7) is 3.24. The van der Waals surface area contributed by atoms with Gasteiger partial charge in [0.15, 0.2) is 0 Å². The van der Waals surface area contributed by atoms with Crippen molar-refractivity contribution in [1.29, 1.82) is 0 Å². The second kappa shape index (κ2) is 8.30. The summed E-state index contributed by atoms with van der Waals surface area (Å²) in [5, 5.41) is 0. The zero-order chi connectivity index (χ0) is 22.2. The predicted molar refractivity (Wildman–Crippen MR) is 114 cm³/mol. The summed E-state index contributed by atoms with van der Waals surface area (Å²) in [4.78, 5) is 6.52. The molecule has 1 aliphatic rings. The molecule has 0 unspecified atom stereocenters. The van der Waals surface area contributed by atoms with Crippen LogP contribution in [0.3, 0.4) is 0 Å². The standard InChI is InChI=1S/C24H23F4N3/c1-15-10-17(12-19(25)11-15)22-14-30-13-21(23(22)31-8-6-20(29)7-9-31)16-2-4-18(5-3-16)24(26,27)28/h2-5,10-14,20H,6-9,29H2,1H3. The van der Waals surface area contributed by atoms with Crippen molar-refractivity contribution in [2.24, 2.45) is 5.73 Å².